The van der Waals surface area contributed by atoms with E-state index in [9.17, 15) is 4.79 Å². The summed E-state index contributed by atoms with van der Waals surface area (Å²) < 4.78 is 5.25. The van der Waals surface area contributed by atoms with Crippen molar-refractivity contribution in [3.8, 4) is 0 Å². The van der Waals surface area contributed by atoms with Crippen LogP contribution in [0.2, 0.25) is 0 Å². The lowest BCUT2D eigenvalue weighted by atomic mass is 10.1. The van der Waals surface area contributed by atoms with Crippen molar-refractivity contribution in [3.63, 3.8) is 0 Å². The van der Waals surface area contributed by atoms with E-state index in [-0.39, 0.29) is 6.03 Å². The summed E-state index contributed by atoms with van der Waals surface area (Å²) in [6.07, 6.45) is 7.05. The SMILES string of the molecule is CN(Cc1ccco1)C(=O)Nc1ccc(N2CCCCC2)nc1. The van der Waals surface area contributed by atoms with Crippen LogP contribution in [0.4, 0.5) is 16.3 Å². The Hall–Kier alpha value is -2.50. The summed E-state index contributed by atoms with van der Waals surface area (Å²) in [7, 11) is 1.73. The molecule has 3 heterocycles. The summed E-state index contributed by atoms with van der Waals surface area (Å²) in [6.45, 7) is 2.55. The topological polar surface area (TPSA) is 61.6 Å². The van der Waals surface area contributed by atoms with E-state index >= 15 is 0 Å². The van der Waals surface area contributed by atoms with Crippen LogP contribution in [0.3, 0.4) is 0 Å². The fourth-order valence-corrected chi connectivity index (χ4v) is 2.70. The smallest absolute Gasteiger partial charge is 0.322 e. The standard InChI is InChI=1S/C17H22N4O2/c1-20(13-15-6-5-11-23-15)17(22)19-14-7-8-16(18-12-14)21-9-3-2-4-10-21/h5-8,11-12H,2-4,9-10,13H2,1H3,(H,19,22). The second-order valence-electron chi connectivity index (χ2n) is 5.82. The minimum absolute atomic E-state index is 0.186. The monoisotopic (exact) mass is 314 g/mol. The molecule has 3 rings (SSSR count). The molecule has 6 heteroatoms. The van der Waals surface area contributed by atoms with Gasteiger partial charge in [-0.25, -0.2) is 9.78 Å². The average Bonchev–Trinajstić information content (AvgIpc) is 3.09. The normalized spacial score (nSPS) is 14.6. The summed E-state index contributed by atoms with van der Waals surface area (Å²) in [6, 6.07) is 7.33. The van der Waals surface area contributed by atoms with Gasteiger partial charge in [0.2, 0.25) is 0 Å². The van der Waals surface area contributed by atoms with Crippen LogP contribution in [0.15, 0.2) is 41.1 Å². The van der Waals surface area contributed by atoms with Crippen molar-refractivity contribution in [2.75, 3.05) is 30.4 Å². The molecule has 6 nitrogen and oxygen atoms in total. The Labute approximate surface area is 136 Å². The molecule has 1 N–H and O–H groups in total. The molecule has 0 bridgehead atoms. The maximum Gasteiger partial charge on any atom is 0.322 e. The highest BCUT2D eigenvalue weighted by atomic mass is 16.3. The average molecular weight is 314 g/mol. The number of furan rings is 1. The number of anilines is 2. The molecule has 0 aliphatic carbocycles. The molecule has 1 aliphatic heterocycles. The number of carbonyl (C=O) groups excluding carboxylic acids is 1. The molecule has 0 aromatic carbocycles. The summed E-state index contributed by atoms with van der Waals surface area (Å²) in [5, 5.41) is 2.85. The van der Waals surface area contributed by atoms with E-state index in [1.165, 1.54) is 19.3 Å². The van der Waals surface area contributed by atoms with Crippen molar-refractivity contribution in [1.82, 2.24) is 9.88 Å². The van der Waals surface area contributed by atoms with Crippen molar-refractivity contribution in [1.29, 1.82) is 0 Å². The lowest BCUT2D eigenvalue weighted by Gasteiger charge is -2.27. The minimum atomic E-state index is -0.186. The number of aromatic nitrogens is 1. The minimum Gasteiger partial charge on any atom is -0.467 e. The van der Waals surface area contributed by atoms with Gasteiger partial charge in [-0.2, -0.15) is 0 Å². The Morgan fingerprint density at radius 3 is 2.78 bits per heavy atom. The first-order valence-electron chi connectivity index (χ1n) is 7.98. The molecule has 0 unspecified atom stereocenters. The van der Waals surface area contributed by atoms with Crippen molar-refractivity contribution in [2.45, 2.75) is 25.8 Å². The molecule has 2 aromatic heterocycles. The lowest BCUT2D eigenvalue weighted by molar-refractivity contribution is 0.217. The molecular weight excluding hydrogens is 292 g/mol. The van der Waals surface area contributed by atoms with Gasteiger partial charge in [0, 0.05) is 20.1 Å². The van der Waals surface area contributed by atoms with Crippen LogP contribution in [0.25, 0.3) is 0 Å². The van der Waals surface area contributed by atoms with Crippen LogP contribution in [0.1, 0.15) is 25.0 Å². The molecule has 1 fully saturated rings. The third kappa shape index (κ3) is 4.03. The molecule has 0 atom stereocenters. The van der Waals surface area contributed by atoms with Gasteiger partial charge < -0.3 is 19.5 Å². The van der Waals surface area contributed by atoms with E-state index in [2.05, 4.69) is 15.2 Å². The first kappa shape index (κ1) is 15.4. The second-order valence-corrected chi connectivity index (χ2v) is 5.82. The number of urea groups is 1. The summed E-state index contributed by atoms with van der Waals surface area (Å²) in [4.78, 5) is 20.5. The summed E-state index contributed by atoms with van der Waals surface area (Å²) in [5.74, 6) is 1.73. The zero-order chi connectivity index (χ0) is 16.1. The van der Waals surface area contributed by atoms with Gasteiger partial charge in [0.1, 0.15) is 11.6 Å². The number of pyridine rings is 1. The number of nitrogens with zero attached hydrogens (tertiary/aromatic N) is 3. The van der Waals surface area contributed by atoms with Crippen LogP contribution in [-0.2, 0) is 6.54 Å². The molecule has 0 saturated carbocycles. The van der Waals surface area contributed by atoms with Crippen molar-refractivity contribution >= 4 is 17.5 Å². The molecule has 2 aromatic rings. The van der Waals surface area contributed by atoms with Crippen LogP contribution in [0.5, 0.6) is 0 Å². The van der Waals surface area contributed by atoms with Gasteiger partial charge in [0.15, 0.2) is 0 Å². The number of piperidine rings is 1. The Kier molecular flexibility index (Phi) is 4.80. The number of hydrogen-bond donors (Lipinski definition) is 1. The van der Waals surface area contributed by atoms with Gasteiger partial charge >= 0.3 is 6.03 Å². The van der Waals surface area contributed by atoms with Gasteiger partial charge in [-0.1, -0.05) is 0 Å². The number of rotatable bonds is 4. The zero-order valence-corrected chi connectivity index (χ0v) is 13.4. The number of carbonyl (C=O) groups is 1. The highest BCUT2D eigenvalue weighted by molar-refractivity contribution is 5.89. The van der Waals surface area contributed by atoms with Gasteiger partial charge in [-0.05, 0) is 43.5 Å². The molecule has 2 amide bonds. The predicted molar refractivity (Wildman–Crippen MR) is 89.5 cm³/mol. The first-order valence-corrected chi connectivity index (χ1v) is 7.98. The van der Waals surface area contributed by atoms with Crippen molar-refractivity contribution in [2.24, 2.45) is 0 Å². The Morgan fingerprint density at radius 2 is 2.13 bits per heavy atom. The Morgan fingerprint density at radius 1 is 1.30 bits per heavy atom. The van der Waals surface area contributed by atoms with E-state index < -0.39 is 0 Å². The van der Waals surface area contributed by atoms with E-state index in [4.69, 9.17) is 4.42 Å². The fourth-order valence-electron chi connectivity index (χ4n) is 2.70. The van der Waals surface area contributed by atoms with E-state index in [0.29, 0.717) is 12.2 Å². The number of hydrogen-bond acceptors (Lipinski definition) is 4. The van der Waals surface area contributed by atoms with Crippen LogP contribution >= 0.6 is 0 Å². The van der Waals surface area contributed by atoms with Crippen LogP contribution in [0, 0.1) is 0 Å². The largest absolute Gasteiger partial charge is 0.467 e. The molecule has 1 aliphatic rings. The zero-order valence-electron chi connectivity index (χ0n) is 13.4. The van der Waals surface area contributed by atoms with Crippen molar-refractivity contribution < 1.29 is 9.21 Å². The molecule has 1 saturated heterocycles. The highest BCUT2D eigenvalue weighted by Gasteiger charge is 2.13. The quantitative estimate of drug-likeness (QED) is 0.940. The fraction of sp³-hybridized carbons (Fsp3) is 0.412. The highest BCUT2D eigenvalue weighted by Crippen LogP contribution is 2.19. The van der Waals surface area contributed by atoms with Gasteiger partial charge in [-0.15, -0.1) is 0 Å². The van der Waals surface area contributed by atoms with Crippen LogP contribution < -0.4 is 10.2 Å². The van der Waals surface area contributed by atoms with Crippen LogP contribution in [-0.4, -0.2) is 36.1 Å². The third-order valence-corrected chi connectivity index (χ3v) is 4.00. The number of nitrogens with one attached hydrogen (secondary N) is 1. The number of amides is 2. The summed E-state index contributed by atoms with van der Waals surface area (Å²) >= 11 is 0. The third-order valence-electron chi connectivity index (χ3n) is 4.00. The van der Waals surface area contributed by atoms with E-state index in [0.717, 1.165) is 24.7 Å². The maximum atomic E-state index is 12.2. The second kappa shape index (κ2) is 7.17. The molecule has 122 valence electrons. The molecule has 0 radical (unpaired) electrons. The van der Waals surface area contributed by atoms with Crippen molar-refractivity contribution in [3.05, 3.63) is 42.5 Å². The predicted octanol–water partition coefficient (Wildman–Crippen LogP) is 3.33. The lowest BCUT2D eigenvalue weighted by Crippen LogP contribution is -2.31. The Bertz CT molecular complexity index is 619. The summed E-state index contributed by atoms with van der Waals surface area (Å²) in [5.41, 5.74) is 0.696. The Balaban J connectivity index is 1.55. The maximum absolute atomic E-state index is 12.2. The van der Waals surface area contributed by atoms with Gasteiger partial charge in [-0.3, -0.25) is 0 Å². The molecular formula is C17H22N4O2. The first-order chi connectivity index (χ1) is 11.2. The molecule has 23 heavy (non-hydrogen) atoms. The van der Waals surface area contributed by atoms with E-state index in [1.54, 1.807) is 24.4 Å². The van der Waals surface area contributed by atoms with Gasteiger partial charge in [0.25, 0.3) is 0 Å². The molecule has 0 spiro atoms. The van der Waals surface area contributed by atoms with Gasteiger partial charge in [0.05, 0.1) is 24.7 Å². The van der Waals surface area contributed by atoms with E-state index in [1.807, 2.05) is 24.3 Å².